The Labute approximate surface area is 180 Å². The standard InChI is InChI=1S/C23H26ClN3O3/c1-16-14-20(28)21(23(29)27(16)15-17-6-5-13-30-17)22(18-7-3-4-8-19(18)24)26-11-9-25(2)10-12-26/h3-8,13-14,22,28H,9-12,15H2,1-2H3. The minimum Gasteiger partial charge on any atom is -0.507 e. The van der Waals surface area contributed by atoms with E-state index < -0.39 is 6.04 Å². The van der Waals surface area contributed by atoms with Gasteiger partial charge in [0.15, 0.2) is 0 Å². The quantitative estimate of drug-likeness (QED) is 0.675. The van der Waals surface area contributed by atoms with Crippen molar-refractivity contribution < 1.29 is 9.52 Å². The summed E-state index contributed by atoms with van der Waals surface area (Å²) in [6.45, 7) is 5.44. The second-order valence-electron chi connectivity index (χ2n) is 7.82. The highest BCUT2D eigenvalue weighted by Crippen LogP contribution is 2.36. The van der Waals surface area contributed by atoms with Crippen LogP contribution in [-0.2, 0) is 6.54 Å². The van der Waals surface area contributed by atoms with Crippen LogP contribution in [0, 0.1) is 6.92 Å². The second-order valence-corrected chi connectivity index (χ2v) is 8.23. The third-order valence-electron chi connectivity index (χ3n) is 5.79. The minimum absolute atomic E-state index is 0.00274. The van der Waals surface area contributed by atoms with E-state index in [2.05, 4.69) is 16.8 Å². The summed E-state index contributed by atoms with van der Waals surface area (Å²) in [6.07, 6.45) is 1.59. The number of nitrogens with zero attached hydrogens (tertiary/aromatic N) is 3. The summed E-state index contributed by atoms with van der Waals surface area (Å²) in [5, 5.41) is 11.5. The minimum atomic E-state index is -0.427. The van der Waals surface area contributed by atoms with Gasteiger partial charge in [0.25, 0.3) is 5.56 Å². The Bertz CT molecular complexity index is 1070. The molecule has 4 rings (SSSR count). The lowest BCUT2D eigenvalue weighted by Gasteiger charge is -2.38. The van der Waals surface area contributed by atoms with Gasteiger partial charge in [-0.2, -0.15) is 0 Å². The Kier molecular flexibility index (Phi) is 5.99. The molecular formula is C23H26ClN3O3. The molecule has 1 atom stereocenters. The van der Waals surface area contributed by atoms with Crippen LogP contribution in [0.25, 0.3) is 0 Å². The fraction of sp³-hybridized carbons (Fsp3) is 0.348. The molecule has 3 heterocycles. The van der Waals surface area contributed by atoms with Gasteiger partial charge in [-0.25, -0.2) is 0 Å². The molecule has 0 spiro atoms. The maximum absolute atomic E-state index is 13.7. The van der Waals surface area contributed by atoms with Crippen LogP contribution in [0.3, 0.4) is 0 Å². The third-order valence-corrected chi connectivity index (χ3v) is 6.14. The van der Waals surface area contributed by atoms with Crippen molar-refractivity contribution in [1.82, 2.24) is 14.4 Å². The summed E-state index contributed by atoms with van der Waals surface area (Å²) in [6, 6.07) is 12.4. The van der Waals surface area contributed by atoms with E-state index in [0.29, 0.717) is 28.6 Å². The number of furan rings is 1. The van der Waals surface area contributed by atoms with Gasteiger partial charge in [0.1, 0.15) is 11.5 Å². The number of aromatic hydroxyl groups is 1. The topological polar surface area (TPSA) is 61.9 Å². The van der Waals surface area contributed by atoms with Crippen LogP contribution in [-0.4, -0.2) is 52.7 Å². The van der Waals surface area contributed by atoms with E-state index >= 15 is 0 Å². The molecule has 1 N–H and O–H groups in total. The molecule has 1 aromatic carbocycles. The molecule has 158 valence electrons. The number of benzene rings is 1. The van der Waals surface area contributed by atoms with E-state index in [4.69, 9.17) is 16.0 Å². The molecule has 30 heavy (non-hydrogen) atoms. The zero-order valence-electron chi connectivity index (χ0n) is 17.2. The fourth-order valence-electron chi connectivity index (χ4n) is 4.09. The summed E-state index contributed by atoms with van der Waals surface area (Å²) < 4.78 is 7.10. The van der Waals surface area contributed by atoms with Crippen molar-refractivity contribution in [2.75, 3.05) is 33.2 Å². The molecule has 1 aliphatic heterocycles. The first-order chi connectivity index (χ1) is 14.5. The van der Waals surface area contributed by atoms with E-state index in [1.165, 1.54) is 0 Å². The predicted octanol–water partition coefficient (Wildman–Crippen LogP) is 3.49. The Morgan fingerprint density at radius 1 is 1.13 bits per heavy atom. The Balaban J connectivity index is 1.86. The van der Waals surface area contributed by atoms with E-state index in [0.717, 1.165) is 31.7 Å². The Morgan fingerprint density at radius 3 is 2.53 bits per heavy atom. The van der Waals surface area contributed by atoms with Gasteiger partial charge in [0.2, 0.25) is 0 Å². The molecule has 6 nitrogen and oxygen atoms in total. The average Bonchev–Trinajstić information content (AvgIpc) is 3.23. The van der Waals surface area contributed by atoms with Crippen molar-refractivity contribution in [2.45, 2.75) is 19.5 Å². The van der Waals surface area contributed by atoms with Crippen LogP contribution in [0.2, 0.25) is 5.02 Å². The van der Waals surface area contributed by atoms with Crippen LogP contribution < -0.4 is 5.56 Å². The Morgan fingerprint density at radius 2 is 1.87 bits per heavy atom. The average molecular weight is 428 g/mol. The summed E-state index contributed by atoms with van der Waals surface area (Å²) in [5.74, 6) is 0.683. The largest absolute Gasteiger partial charge is 0.507 e. The zero-order valence-corrected chi connectivity index (χ0v) is 18.0. The number of piperazine rings is 1. The van der Waals surface area contributed by atoms with Crippen molar-refractivity contribution in [1.29, 1.82) is 0 Å². The maximum atomic E-state index is 13.7. The molecule has 1 fully saturated rings. The number of aryl methyl sites for hydroxylation is 1. The molecule has 0 aliphatic carbocycles. The molecule has 0 radical (unpaired) electrons. The zero-order chi connectivity index (χ0) is 21.3. The van der Waals surface area contributed by atoms with Crippen molar-refractivity contribution >= 4 is 11.6 Å². The van der Waals surface area contributed by atoms with Crippen LogP contribution in [0.5, 0.6) is 5.75 Å². The van der Waals surface area contributed by atoms with Gasteiger partial charge in [-0.3, -0.25) is 9.69 Å². The van der Waals surface area contributed by atoms with Gasteiger partial charge in [0.05, 0.1) is 24.4 Å². The molecule has 0 bridgehead atoms. The molecule has 2 aromatic heterocycles. The fourth-order valence-corrected chi connectivity index (χ4v) is 4.33. The first-order valence-electron chi connectivity index (χ1n) is 10.1. The number of hydrogen-bond donors (Lipinski definition) is 1. The number of aromatic nitrogens is 1. The van der Waals surface area contributed by atoms with Gasteiger partial charge < -0.3 is 19.0 Å². The highest BCUT2D eigenvalue weighted by molar-refractivity contribution is 6.31. The van der Waals surface area contributed by atoms with Crippen LogP contribution in [0.1, 0.15) is 28.6 Å². The van der Waals surface area contributed by atoms with Crippen molar-refractivity contribution in [3.05, 3.63) is 86.7 Å². The predicted molar refractivity (Wildman–Crippen MR) is 117 cm³/mol. The molecular weight excluding hydrogens is 402 g/mol. The highest BCUT2D eigenvalue weighted by atomic mass is 35.5. The number of hydrogen-bond acceptors (Lipinski definition) is 5. The molecule has 1 aliphatic rings. The molecule has 7 heteroatoms. The summed E-state index contributed by atoms with van der Waals surface area (Å²) in [4.78, 5) is 18.1. The van der Waals surface area contributed by atoms with E-state index in [-0.39, 0.29) is 11.3 Å². The van der Waals surface area contributed by atoms with Gasteiger partial charge in [-0.1, -0.05) is 29.8 Å². The first-order valence-corrected chi connectivity index (χ1v) is 10.5. The molecule has 1 unspecified atom stereocenters. The number of rotatable bonds is 5. The smallest absolute Gasteiger partial charge is 0.260 e. The number of likely N-dealkylation sites (N-methyl/N-ethyl adjacent to an activating group) is 1. The SMILES string of the molecule is Cc1cc(O)c(C(c2ccccc2Cl)N2CCN(C)CC2)c(=O)n1Cc1ccco1. The van der Waals surface area contributed by atoms with E-state index in [1.807, 2.05) is 37.3 Å². The molecule has 0 saturated carbocycles. The van der Waals surface area contributed by atoms with Crippen LogP contribution in [0.4, 0.5) is 0 Å². The number of halogens is 1. The summed E-state index contributed by atoms with van der Waals surface area (Å²) in [7, 11) is 2.08. The maximum Gasteiger partial charge on any atom is 0.260 e. The lowest BCUT2D eigenvalue weighted by Crippen LogP contribution is -2.47. The molecule has 1 saturated heterocycles. The van der Waals surface area contributed by atoms with Gasteiger partial charge in [-0.15, -0.1) is 0 Å². The summed E-state index contributed by atoms with van der Waals surface area (Å²) >= 11 is 6.57. The van der Waals surface area contributed by atoms with Gasteiger partial charge in [-0.05, 0) is 43.8 Å². The van der Waals surface area contributed by atoms with Crippen molar-refractivity contribution in [2.24, 2.45) is 0 Å². The summed E-state index contributed by atoms with van der Waals surface area (Å²) in [5.41, 5.74) is 1.62. The highest BCUT2D eigenvalue weighted by Gasteiger charge is 2.32. The molecule has 0 amide bonds. The van der Waals surface area contributed by atoms with E-state index in [9.17, 15) is 9.90 Å². The monoisotopic (exact) mass is 427 g/mol. The lowest BCUT2D eigenvalue weighted by atomic mass is 9.96. The van der Waals surface area contributed by atoms with Crippen molar-refractivity contribution in [3.63, 3.8) is 0 Å². The van der Waals surface area contributed by atoms with Crippen LogP contribution >= 0.6 is 11.6 Å². The van der Waals surface area contributed by atoms with Gasteiger partial charge in [0, 0.05) is 36.9 Å². The number of pyridine rings is 1. The molecule has 3 aromatic rings. The third kappa shape index (κ3) is 4.03. The van der Waals surface area contributed by atoms with Gasteiger partial charge >= 0.3 is 0 Å². The van der Waals surface area contributed by atoms with Crippen LogP contribution in [0.15, 0.2) is 57.9 Å². The first kappa shape index (κ1) is 20.7. The lowest BCUT2D eigenvalue weighted by molar-refractivity contribution is 0.125. The van der Waals surface area contributed by atoms with E-state index in [1.54, 1.807) is 23.0 Å². The second kappa shape index (κ2) is 8.68. The normalized spacial score (nSPS) is 16.6. The Hall–Kier alpha value is -2.54. The van der Waals surface area contributed by atoms with Crippen molar-refractivity contribution in [3.8, 4) is 5.75 Å².